The molecule has 0 spiro atoms. The van der Waals surface area contributed by atoms with Crippen molar-refractivity contribution in [1.82, 2.24) is 9.88 Å². The van der Waals surface area contributed by atoms with Crippen LogP contribution in [0.15, 0.2) is 22.8 Å². The fourth-order valence-corrected chi connectivity index (χ4v) is 3.08. The normalized spacial score (nSPS) is 23.1. The van der Waals surface area contributed by atoms with E-state index in [1.54, 1.807) is 6.20 Å². The summed E-state index contributed by atoms with van der Waals surface area (Å²) in [5, 5.41) is 0. The van der Waals surface area contributed by atoms with Gasteiger partial charge in [0.15, 0.2) is 0 Å². The number of hydrogen-bond acceptors (Lipinski definition) is 3. The van der Waals surface area contributed by atoms with Crippen molar-refractivity contribution in [1.29, 1.82) is 0 Å². The lowest BCUT2D eigenvalue weighted by molar-refractivity contribution is 0.0633. The van der Waals surface area contributed by atoms with Gasteiger partial charge in [-0.15, -0.1) is 0 Å². The van der Waals surface area contributed by atoms with Crippen LogP contribution in [-0.2, 0) is 0 Å². The zero-order valence-corrected chi connectivity index (χ0v) is 12.8. The molecular weight excluding hydrogens is 306 g/mol. The third-order valence-electron chi connectivity index (χ3n) is 3.74. The first-order chi connectivity index (χ1) is 9.13. The quantitative estimate of drug-likeness (QED) is 0.929. The molecule has 2 N–H and O–H groups in total. The Labute approximate surface area is 122 Å². The van der Waals surface area contributed by atoms with E-state index < -0.39 is 0 Å². The maximum atomic E-state index is 12.6. The van der Waals surface area contributed by atoms with Gasteiger partial charge in [0.2, 0.25) is 0 Å². The van der Waals surface area contributed by atoms with Crippen LogP contribution in [0.4, 0.5) is 0 Å². The summed E-state index contributed by atoms with van der Waals surface area (Å²) in [6.07, 6.45) is 5.63. The van der Waals surface area contributed by atoms with Crippen LogP contribution in [-0.4, -0.2) is 34.4 Å². The summed E-state index contributed by atoms with van der Waals surface area (Å²) in [7, 11) is 0. The minimum atomic E-state index is 0.00967. The van der Waals surface area contributed by atoms with Gasteiger partial charge in [-0.2, -0.15) is 0 Å². The number of rotatable bonds is 3. The smallest absolute Gasteiger partial charge is 0.273 e. The predicted molar refractivity (Wildman–Crippen MR) is 78.9 cm³/mol. The lowest BCUT2D eigenvalue weighted by Gasteiger charge is -2.35. The molecule has 0 atom stereocenters. The van der Waals surface area contributed by atoms with Crippen molar-refractivity contribution < 1.29 is 4.79 Å². The van der Waals surface area contributed by atoms with Crippen molar-refractivity contribution in [3.05, 3.63) is 28.5 Å². The molecule has 0 saturated heterocycles. The highest BCUT2D eigenvalue weighted by molar-refractivity contribution is 9.10. The average Bonchev–Trinajstić information content (AvgIpc) is 2.42. The van der Waals surface area contributed by atoms with E-state index in [9.17, 15) is 4.79 Å². The Balaban J connectivity index is 2.13. The van der Waals surface area contributed by atoms with Gasteiger partial charge < -0.3 is 10.6 Å². The van der Waals surface area contributed by atoms with E-state index in [4.69, 9.17) is 5.73 Å². The average molecular weight is 326 g/mol. The van der Waals surface area contributed by atoms with Gasteiger partial charge in [-0.1, -0.05) is 0 Å². The zero-order valence-electron chi connectivity index (χ0n) is 11.2. The van der Waals surface area contributed by atoms with Crippen LogP contribution in [0.3, 0.4) is 0 Å². The first kappa shape index (κ1) is 14.5. The summed E-state index contributed by atoms with van der Waals surface area (Å²) >= 11 is 3.40. The van der Waals surface area contributed by atoms with Crippen LogP contribution in [0.25, 0.3) is 0 Å². The summed E-state index contributed by atoms with van der Waals surface area (Å²) in [6, 6.07) is 4.26. The molecule has 0 unspecified atom stereocenters. The monoisotopic (exact) mass is 325 g/mol. The van der Waals surface area contributed by atoms with Gasteiger partial charge in [-0.25, -0.2) is 4.98 Å². The Morgan fingerprint density at radius 1 is 1.47 bits per heavy atom. The van der Waals surface area contributed by atoms with E-state index in [0.717, 1.165) is 30.2 Å². The summed E-state index contributed by atoms with van der Waals surface area (Å²) in [5.41, 5.74) is 6.43. The van der Waals surface area contributed by atoms with E-state index >= 15 is 0 Å². The second kappa shape index (κ2) is 6.48. The summed E-state index contributed by atoms with van der Waals surface area (Å²) in [5.74, 6) is 0.00967. The number of halogens is 1. The van der Waals surface area contributed by atoms with Gasteiger partial charge in [-0.3, -0.25) is 4.79 Å². The SMILES string of the molecule is CCN(C(=O)c1ncccc1Br)C1CCC(N)CC1. The first-order valence-corrected chi connectivity index (χ1v) is 7.59. The second-order valence-electron chi connectivity index (χ2n) is 4.99. The molecule has 0 aliphatic heterocycles. The molecule has 1 heterocycles. The molecule has 0 aromatic carbocycles. The molecular formula is C14H20BrN3O. The molecule has 2 rings (SSSR count). The lowest BCUT2D eigenvalue weighted by atomic mass is 9.90. The molecule has 5 heteroatoms. The third kappa shape index (κ3) is 3.34. The van der Waals surface area contributed by atoms with Crippen molar-refractivity contribution >= 4 is 21.8 Å². The maximum absolute atomic E-state index is 12.6. The molecule has 1 saturated carbocycles. The van der Waals surface area contributed by atoms with Gasteiger partial charge in [0.1, 0.15) is 5.69 Å². The minimum absolute atomic E-state index is 0.00967. The molecule has 1 aromatic rings. The van der Waals surface area contributed by atoms with Crippen molar-refractivity contribution in [2.24, 2.45) is 5.73 Å². The van der Waals surface area contributed by atoms with E-state index in [1.807, 2.05) is 24.0 Å². The number of carbonyl (C=O) groups is 1. The Kier molecular flexibility index (Phi) is 4.93. The summed E-state index contributed by atoms with van der Waals surface area (Å²) < 4.78 is 0.756. The largest absolute Gasteiger partial charge is 0.335 e. The second-order valence-corrected chi connectivity index (χ2v) is 5.85. The first-order valence-electron chi connectivity index (χ1n) is 6.80. The van der Waals surface area contributed by atoms with Crippen LogP contribution < -0.4 is 5.73 Å². The van der Waals surface area contributed by atoms with Gasteiger partial charge >= 0.3 is 0 Å². The molecule has 19 heavy (non-hydrogen) atoms. The highest BCUT2D eigenvalue weighted by atomic mass is 79.9. The number of pyridine rings is 1. The Morgan fingerprint density at radius 2 is 2.16 bits per heavy atom. The Morgan fingerprint density at radius 3 is 2.74 bits per heavy atom. The Hall–Kier alpha value is -0.940. The molecule has 0 radical (unpaired) electrons. The maximum Gasteiger partial charge on any atom is 0.273 e. The fourth-order valence-electron chi connectivity index (χ4n) is 2.66. The molecule has 1 fully saturated rings. The van der Waals surface area contributed by atoms with Gasteiger partial charge in [0.25, 0.3) is 5.91 Å². The van der Waals surface area contributed by atoms with E-state index in [0.29, 0.717) is 24.3 Å². The molecule has 0 bridgehead atoms. The van der Waals surface area contributed by atoms with Crippen LogP contribution >= 0.6 is 15.9 Å². The number of amides is 1. The number of hydrogen-bond donors (Lipinski definition) is 1. The van der Waals surface area contributed by atoms with E-state index in [2.05, 4.69) is 20.9 Å². The number of aromatic nitrogens is 1. The topological polar surface area (TPSA) is 59.2 Å². The van der Waals surface area contributed by atoms with Crippen molar-refractivity contribution in [2.75, 3.05) is 6.54 Å². The van der Waals surface area contributed by atoms with Crippen molar-refractivity contribution in [3.8, 4) is 0 Å². The molecule has 1 aromatic heterocycles. The van der Waals surface area contributed by atoms with Crippen LogP contribution in [0.5, 0.6) is 0 Å². The molecule has 1 aliphatic rings. The standard InChI is InChI=1S/C14H20BrN3O/c1-2-18(11-7-5-10(16)6-8-11)14(19)13-12(15)4-3-9-17-13/h3-4,9-11H,2,5-8,16H2,1H3. The van der Waals surface area contributed by atoms with Crippen LogP contribution in [0.2, 0.25) is 0 Å². The van der Waals surface area contributed by atoms with E-state index in [1.165, 1.54) is 0 Å². The summed E-state index contributed by atoms with van der Waals surface area (Å²) in [4.78, 5) is 18.7. The highest BCUT2D eigenvalue weighted by Gasteiger charge is 2.28. The predicted octanol–water partition coefficient (Wildman–Crippen LogP) is 2.58. The number of nitrogens with zero attached hydrogens (tertiary/aromatic N) is 2. The van der Waals surface area contributed by atoms with Crippen LogP contribution in [0.1, 0.15) is 43.1 Å². The lowest BCUT2D eigenvalue weighted by Crippen LogP contribution is -2.44. The molecule has 4 nitrogen and oxygen atoms in total. The van der Waals surface area contributed by atoms with Gasteiger partial charge in [-0.05, 0) is 60.7 Å². The van der Waals surface area contributed by atoms with Crippen molar-refractivity contribution in [2.45, 2.75) is 44.7 Å². The Bertz CT molecular complexity index is 444. The molecule has 1 aliphatic carbocycles. The van der Waals surface area contributed by atoms with Crippen LogP contribution in [0, 0.1) is 0 Å². The van der Waals surface area contributed by atoms with Crippen molar-refractivity contribution in [3.63, 3.8) is 0 Å². The highest BCUT2D eigenvalue weighted by Crippen LogP contribution is 2.24. The molecule has 1 amide bonds. The van der Waals surface area contributed by atoms with Gasteiger partial charge in [0.05, 0.1) is 0 Å². The fraction of sp³-hybridized carbons (Fsp3) is 0.571. The number of nitrogens with two attached hydrogens (primary N) is 1. The third-order valence-corrected chi connectivity index (χ3v) is 4.38. The molecule has 104 valence electrons. The van der Waals surface area contributed by atoms with Gasteiger partial charge in [0, 0.05) is 29.3 Å². The van der Waals surface area contributed by atoms with E-state index in [-0.39, 0.29) is 5.91 Å². The summed E-state index contributed by atoms with van der Waals surface area (Å²) in [6.45, 7) is 2.73. The minimum Gasteiger partial charge on any atom is -0.335 e. The zero-order chi connectivity index (χ0) is 13.8. The number of carbonyl (C=O) groups excluding carboxylic acids is 1.